The summed E-state index contributed by atoms with van der Waals surface area (Å²) in [6.07, 6.45) is -4.42. The zero-order valence-corrected chi connectivity index (χ0v) is 11.0. The van der Waals surface area contributed by atoms with Crippen LogP contribution >= 0.6 is 15.9 Å². The maximum atomic E-state index is 12.7. The summed E-state index contributed by atoms with van der Waals surface area (Å²) in [6.45, 7) is 3.08. The molecule has 0 aliphatic carbocycles. The fourth-order valence-electron chi connectivity index (χ4n) is 1.22. The van der Waals surface area contributed by atoms with Crippen molar-refractivity contribution in [1.29, 1.82) is 0 Å². The van der Waals surface area contributed by atoms with Crippen LogP contribution in [0.1, 0.15) is 19.4 Å². The molecule has 0 aliphatic heterocycles. The Kier molecular flexibility index (Phi) is 4.09. The van der Waals surface area contributed by atoms with Crippen molar-refractivity contribution in [3.8, 4) is 0 Å². The second-order valence-electron chi connectivity index (χ2n) is 4.35. The van der Waals surface area contributed by atoms with Gasteiger partial charge in [0.1, 0.15) is 0 Å². The smallest absolute Gasteiger partial charge is 0.389 e. The van der Waals surface area contributed by atoms with Gasteiger partial charge in [-0.3, -0.25) is 0 Å². The second kappa shape index (κ2) is 4.86. The topological polar surface area (TPSA) is 32.3 Å². The van der Waals surface area contributed by atoms with Crippen molar-refractivity contribution in [2.45, 2.75) is 25.6 Å². The molecule has 2 N–H and O–H groups in total. The second-order valence-corrected chi connectivity index (χ2v) is 5.27. The van der Waals surface area contributed by atoms with E-state index < -0.39 is 17.3 Å². The number of anilines is 1. The van der Waals surface area contributed by atoms with Crippen LogP contribution in [0.15, 0.2) is 22.7 Å². The van der Waals surface area contributed by atoms with E-state index in [4.69, 9.17) is 0 Å². The van der Waals surface area contributed by atoms with Crippen LogP contribution in [-0.4, -0.2) is 17.3 Å². The van der Waals surface area contributed by atoms with Crippen molar-refractivity contribution in [2.75, 3.05) is 11.9 Å². The van der Waals surface area contributed by atoms with Gasteiger partial charge in [0, 0.05) is 16.7 Å². The van der Waals surface area contributed by atoms with Crippen LogP contribution in [0.5, 0.6) is 0 Å². The predicted octanol–water partition coefficient (Wildman–Crippen LogP) is 3.65. The van der Waals surface area contributed by atoms with E-state index in [1.165, 1.54) is 26.0 Å². The monoisotopic (exact) mass is 311 g/mol. The summed E-state index contributed by atoms with van der Waals surface area (Å²) >= 11 is 3.00. The number of alkyl halides is 3. The Hall–Kier alpha value is -0.750. The number of hydrogen-bond acceptors (Lipinski definition) is 2. The highest BCUT2D eigenvalue weighted by Gasteiger charge is 2.33. The van der Waals surface area contributed by atoms with Gasteiger partial charge in [-0.1, -0.05) is 15.9 Å². The number of aliphatic hydroxyl groups is 1. The van der Waals surface area contributed by atoms with Gasteiger partial charge in [-0.25, -0.2) is 0 Å². The van der Waals surface area contributed by atoms with Crippen molar-refractivity contribution in [1.82, 2.24) is 0 Å². The lowest BCUT2D eigenvalue weighted by Gasteiger charge is -2.21. The molecular weight excluding hydrogens is 299 g/mol. The normalized spacial score (nSPS) is 12.6. The summed E-state index contributed by atoms with van der Waals surface area (Å²) in [5.74, 6) is 0. The van der Waals surface area contributed by atoms with Crippen LogP contribution in [0.25, 0.3) is 0 Å². The minimum Gasteiger partial charge on any atom is -0.389 e. The summed E-state index contributed by atoms with van der Waals surface area (Å²) in [5, 5.41) is 12.1. The molecule has 1 aromatic carbocycles. The van der Waals surface area contributed by atoms with E-state index in [1.54, 1.807) is 0 Å². The highest BCUT2D eigenvalue weighted by Crippen LogP contribution is 2.36. The summed E-state index contributed by atoms with van der Waals surface area (Å²) in [4.78, 5) is 0. The Morgan fingerprint density at radius 1 is 1.29 bits per heavy atom. The lowest BCUT2D eigenvalue weighted by atomic mass is 10.1. The minimum atomic E-state index is -4.42. The Balaban J connectivity index is 2.99. The molecule has 0 aromatic heterocycles. The minimum absolute atomic E-state index is 0.0391. The zero-order valence-electron chi connectivity index (χ0n) is 9.40. The molecule has 0 amide bonds. The first-order valence-electron chi connectivity index (χ1n) is 4.92. The molecule has 2 nitrogen and oxygen atoms in total. The van der Waals surface area contributed by atoms with Gasteiger partial charge in [0.2, 0.25) is 0 Å². The molecule has 0 radical (unpaired) electrons. The van der Waals surface area contributed by atoms with E-state index in [2.05, 4.69) is 21.2 Å². The van der Waals surface area contributed by atoms with Gasteiger partial charge < -0.3 is 10.4 Å². The quantitative estimate of drug-likeness (QED) is 0.893. The average molecular weight is 312 g/mol. The van der Waals surface area contributed by atoms with Gasteiger partial charge in [-0.2, -0.15) is 13.2 Å². The van der Waals surface area contributed by atoms with E-state index >= 15 is 0 Å². The van der Waals surface area contributed by atoms with Crippen molar-refractivity contribution < 1.29 is 18.3 Å². The third-order valence-electron chi connectivity index (χ3n) is 2.00. The van der Waals surface area contributed by atoms with Gasteiger partial charge >= 0.3 is 6.18 Å². The van der Waals surface area contributed by atoms with Gasteiger partial charge in [0.15, 0.2) is 0 Å². The predicted molar refractivity (Wildman–Crippen MR) is 63.9 cm³/mol. The highest BCUT2D eigenvalue weighted by atomic mass is 79.9. The third-order valence-corrected chi connectivity index (χ3v) is 2.49. The lowest BCUT2D eigenvalue weighted by molar-refractivity contribution is -0.137. The first-order chi connectivity index (χ1) is 7.59. The number of hydrogen-bond donors (Lipinski definition) is 2. The van der Waals surface area contributed by atoms with Crippen LogP contribution < -0.4 is 5.32 Å². The Bertz CT molecular complexity index is 399. The molecule has 1 rings (SSSR count). The largest absolute Gasteiger partial charge is 0.418 e. The third kappa shape index (κ3) is 4.55. The van der Waals surface area contributed by atoms with E-state index in [0.29, 0.717) is 4.47 Å². The molecule has 0 bridgehead atoms. The van der Waals surface area contributed by atoms with E-state index in [9.17, 15) is 18.3 Å². The molecule has 96 valence electrons. The van der Waals surface area contributed by atoms with E-state index in [-0.39, 0.29) is 12.2 Å². The van der Waals surface area contributed by atoms with Gasteiger partial charge in [0.25, 0.3) is 0 Å². The maximum absolute atomic E-state index is 12.7. The molecule has 0 aliphatic rings. The average Bonchev–Trinajstić information content (AvgIpc) is 2.13. The molecule has 17 heavy (non-hydrogen) atoms. The molecule has 0 fully saturated rings. The highest BCUT2D eigenvalue weighted by molar-refractivity contribution is 9.10. The Morgan fingerprint density at radius 3 is 2.35 bits per heavy atom. The van der Waals surface area contributed by atoms with Gasteiger partial charge in [0.05, 0.1) is 11.2 Å². The van der Waals surface area contributed by atoms with Crippen LogP contribution in [0.2, 0.25) is 0 Å². The van der Waals surface area contributed by atoms with Crippen molar-refractivity contribution >= 4 is 21.6 Å². The SMILES string of the molecule is CC(C)(O)CNc1ccc(Br)cc1C(F)(F)F. The summed E-state index contributed by atoms with van der Waals surface area (Å²) in [6, 6.07) is 3.85. The van der Waals surface area contributed by atoms with Gasteiger partial charge in [-0.15, -0.1) is 0 Å². The van der Waals surface area contributed by atoms with Crippen LogP contribution in [0, 0.1) is 0 Å². The van der Waals surface area contributed by atoms with E-state index in [0.717, 1.165) is 6.07 Å². The fourth-order valence-corrected chi connectivity index (χ4v) is 1.58. The Morgan fingerprint density at radius 2 is 1.88 bits per heavy atom. The number of rotatable bonds is 3. The lowest BCUT2D eigenvalue weighted by Crippen LogP contribution is -2.30. The molecule has 0 atom stereocenters. The molecule has 6 heteroatoms. The molecule has 0 spiro atoms. The van der Waals surface area contributed by atoms with Crippen molar-refractivity contribution in [3.63, 3.8) is 0 Å². The fraction of sp³-hybridized carbons (Fsp3) is 0.455. The number of halogens is 4. The summed E-state index contributed by atoms with van der Waals surface area (Å²) in [5.41, 5.74) is -1.87. The van der Waals surface area contributed by atoms with Gasteiger partial charge in [-0.05, 0) is 32.0 Å². The summed E-state index contributed by atoms with van der Waals surface area (Å²) < 4.78 is 38.5. The number of benzene rings is 1. The molecule has 1 aromatic rings. The van der Waals surface area contributed by atoms with Crippen molar-refractivity contribution in [3.05, 3.63) is 28.2 Å². The summed E-state index contributed by atoms with van der Waals surface area (Å²) in [7, 11) is 0. The molecule has 0 heterocycles. The van der Waals surface area contributed by atoms with Crippen LogP contribution in [0.3, 0.4) is 0 Å². The zero-order chi connectivity index (χ0) is 13.3. The van der Waals surface area contributed by atoms with Crippen LogP contribution in [-0.2, 0) is 6.18 Å². The standard InChI is InChI=1S/C11H13BrF3NO/c1-10(2,17)6-16-9-4-3-7(12)5-8(9)11(13,14)15/h3-5,16-17H,6H2,1-2H3. The van der Waals surface area contributed by atoms with Crippen molar-refractivity contribution in [2.24, 2.45) is 0 Å². The Labute approximate surface area is 106 Å². The first kappa shape index (κ1) is 14.3. The molecule has 0 saturated carbocycles. The number of nitrogens with one attached hydrogen (secondary N) is 1. The molecule has 0 unspecified atom stereocenters. The maximum Gasteiger partial charge on any atom is 0.418 e. The van der Waals surface area contributed by atoms with E-state index in [1.807, 2.05) is 0 Å². The first-order valence-corrected chi connectivity index (χ1v) is 5.72. The van der Waals surface area contributed by atoms with Crippen LogP contribution in [0.4, 0.5) is 18.9 Å². The molecular formula is C11H13BrF3NO. The molecule has 0 saturated heterocycles.